The second kappa shape index (κ2) is 35.5. The average molecular weight is 646 g/mol. The zero-order valence-electron chi connectivity index (χ0n) is 29.9. The minimum absolute atomic E-state index is 0.0341. The van der Waals surface area contributed by atoms with E-state index in [4.69, 9.17) is 9.84 Å². The summed E-state index contributed by atoms with van der Waals surface area (Å²) < 4.78 is 5.84. The Labute approximate surface area is 283 Å². The van der Waals surface area contributed by atoms with Crippen LogP contribution in [0.15, 0.2) is 36.5 Å². The number of hydrogen-bond donors (Lipinski definition) is 2. The molecule has 0 rings (SSSR count). The monoisotopic (exact) mass is 646 g/mol. The van der Waals surface area contributed by atoms with E-state index in [2.05, 4.69) is 55.6 Å². The third-order valence-electron chi connectivity index (χ3n) is 8.31. The number of amides is 1. The predicted molar refractivity (Wildman–Crippen MR) is 194 cm³/mol. The number of ether oxygens (including phenoxy) is 1. The molecule has 6 heteroatoms. The molecule has 1 unspecified atom stereocenters. The minimum atomic E-state index is -1.03. The Morgan fingerprint density at radius 2 is 1.00 bits per heavy atom. The molecular formula is C40H71NO5. The number of carboxylic acid groups (broad SMARTS) is 1. The van der Waals surface area contributed by atoms with Gasteiger partial charge in [0.1, 0.15) is 12.6 Å². The summed E-state index contributed by atoms with van der Waals surface area (Å²) in [5.41, 5.74) is 0. The van der Waals surface area contributed by atoms with E-state index in [-0.39, 0.29) is 24.5 Å². The second-order valence-electron chi connectivity index (χ2n) is 12.8. The number of carbonyl (C=O) groups excluding carboxylic acids is 2. The van der Waals surface area contributed by atoms with E-state index in [0.717, 1.165) is 70.6 Å². The lowest BCUT2D eigenvalue weighted by atomic mass is 10.0. The Hall–Kier alpha value is -2.37. The number of carbonyl (C=O) groups is 3. The summed E-state index contributed by atoms with van der Waals surface area (Å²) in [5.74, 6) is -1.33. The van der Waals surface area contributed by atoms with Crippen LogP contribution >= 0.6 is 0 Å². The minimum Gasteiger partial charge on any atom is -0.480 e. The zero-order valence-corrected chi connectivity index (χ0v) is 29.9. The highest BCUT2D eigenvalue weighted by Gasteiger charge is 2.14. The topological polar surface area (TPSA) is 92.7 Å². The van der Waals surface area contributed by atoms with Gasteiger partial charge in [-0.15, -0.1) is 0 Å². The lowest BCUT2D eigenvalue weighted by Crippen LogP contribution is -2.28. The van der Waals surface area contributed by atoms with Crippen molar-refractivity contribution >= 4 is 17.8 Å². The van der Waals surface area contributed by atoms with E-state index in [1.165, 1.54) is 83.5 Å². The van der Waals surface area contributed by atoms with E-state index < -0.39 is 5.97 Å². The Balaban J connectivity index is 3.74. The van der Waals surface area contributed by atoms with E-state index in [1.807, 2.05) is 0 Å². The molecule has 0 aliphatic rings. The van der Waals surface area contributed by atoms with Crippen LogP contribution in [-0.4, -0.2) is 35.6 Å². The first kappa shape index (κ1) is 43.6. The van der Waals surface area contributed by atoms with Crippen LogP contribution in [0, 0.1) is 0 Å². The Kier molecular flexibility index (Phi) is 33.7. The van der Waals surface area contributed by atoms with Gasteiger partial charge in [0.05, 0.1) is 0 Å². The van der Waals surface area contributed by atoms with E-state index >= 15 is 0 Å². The SMILES string of the molecule is CCCCCCC/C=C\C/C=C\C/C=C\CCCCCCCCCCC(=O)OC(CCCCC)CCCCCC(=O)NCC(=O)O. The lowest BCUT2D eigenvalue weighted by molar-refractivity contribution is -0.150. The van der Waals surface area contributed by atoms with Gasteiger partial charge in [0.15, 0.2) is 0 Å². The molecule has 1 atom stereocenters. The van der Waals surface area contributed by atoms with Crippen molar-refractivity contribution < 1.29 is 24.2 Å². The molecule has 6 nitrogen and oxygen atoms in total. The van der Waals surface area contributed by atoms with Crippen LogP contribution < -0.4 is 5.32 Å². The summed E-state index contributed by atoms with van der Waals surface area (Å²) in [6.07, 6.45) is 43.0. The van der Waals surface area contributed by atoms with Crippen LogP contribution in [0.4, 0.5) is 0 Å². The third kappa shape index (κ3) is 34.5. The number of hydrogen-bond acceptors (Lipinski definition) is 4. The standard InChI is InChI=1S/C40H71NO5/c1-3-5-7-8-9-10-11-12-13-14-15-16-17-18-19-20-21-22-23-24-25-26-31-35-40(45)46-37(32-28-6-4-2)33-29-27-30-34-38(42)41-36-39(43)44/h11-12,14-15,17-18,37H,3-10,13,16,19-36H2,1-2H3,(H,41,42)(H,43,44)/b12-11-,15-14-,18-17-. The molecule has 0 fully saturated rings. The second-order valence-corrected chi connectivity index (χ2v) is 12.8. The first-order valence-corrected chi connectivity index (χ1v) is 19.1. The van der Waals surface area contributed by atoms with E-state index in [9.17, 15) is 14.4 Å². The molecular weight excluding hydrogens is 574 g/mol. The fraction of sp³-hybridized carbons (Fsp3) is 0.775. The van der Waals surface area contributed by atoms with Gasteiger partial charge in [-0.05, 0) is 77.0 Å². The van der Waals surface area contributed by atoms with Gasteiger partial charge in [0.2, 0.25) is 5.91 Å². The molecule has 0 aromatic heterocycles. The number of nitrogens with one attached hydrogen (secondary N) is 1. The molecule has 266 valence electrons. The van der Waals surface area contributed by atoms with Crippen LogP contribution in [0.25, 0.3) is 0 Å². The molecule has 0 spiro atoms. The summed E-state index contributed by atoms with van der Waals surface area (Å²) in [6, 6.07) is 0. The van der Waals surface area contributed by atoms with Crippen molar-refractivity contribution in [3.05, 3.63) is 36.5 Å². The number of rotatable bonds is 34. The number of allylic oxidation sites excluding steroid dienone is 6. The van der Waals surface area contributed by atoms with E-state index in [0.29, 0.717) is 19.3 Å². The van der Waals surface area contributed by atoms with Crippen LogP contribution in [-0.2, 0) is 19.1 Å². The zero-order chi connectivity index (χ0) is 33.8. The maximum atomic E-state index is 12.5. The maximum absolute atomic E-state index is 12.5. The average Bonchev–Trinajstić information content (AvgIpc) is 3.03. The number of carboxylic acids is 1. The molecule has 0 aromatic rings. The van der Waals surface area contributed by atoms with Crippen molar-refractivity contribution in [3.63, 3.8) is 0 Å². The molecule has 0 saturated carbocycles. The van der Waals surface area contributed by atoms with Gasteiger partial charge in [-0.25, -0.2) is 0 Å². The molecule has 0 aliphatic carbocycles. The summed E-state index contributed by atoms with van der Waals surface area (Å²) in [6.45, 7) is 4.11. The Morgan fingerprint density at radius 3 is 1.57 bits per heavy atom. The first-order chi connectivity index (χ1) is 22.5. The van der Waals surface area contributed by atoms with Crippen LogP contribution in [0.3, 0.4) is 0 Å². The molecule has 0 saturated heterocycles. The molecule has 0 aliphatic heterocycles. The van der Waals surface area contributed by atoms with Crippen molar-refractivity contribution in [2.75, 3.05) is 6.54 Å². The number of esters is 1. The van der Waals surface area contributed by atoms with E-state index in [1.54, 1.807) is 0 Å². The lowest BCUT2D eigenvalue weighted by Gasteiger charge is -2.18. The summed E-state index contributed by atoms with van der Waals surface area (Å²) in [7, 11) is 0. The van der Waals surface area contributed by atoms with Crippen LogP contribution in [0.2, 0.25) is 0 Å². The third-order valence-corrected chi connectivity index (χ3v) is 8.31. The molecule has 46 heavy (non-hydrogen) atoms. The molecule has 2 N–H and O–H groups in total. The predicted octanol–water partition coefficient (Wildman–Crippen LogP) is 11.3. The smallest absolute Gasteiger partial charge is 0.322 e. The quantitative estimate of drug-likeness (QED) is 0.0412. The van der Waals surface area contributed by atoms with Gasteiger partial charge in [-0.3, -0.25) is 14.4 Å². The van der Waals surface area contributed by atoms with Crippen LogP contribution in [0.1, 0.15) is 187 Å². The van der Waals surface area contributed by atoms with Gasteiger partial charge in [-0.2, -0.15) is 0 Å². The van der Waals surface area contributed by atoms with Gasteiger partial charge >= 0.3 is 11.9 Å². The normalized spacial score (nSPS) is 12.4. The molecule has 0 heterocycles. The molecule has 0 bridgehead atoms. The Bertz CT molecular complexity index is 803. The Morgan fingerprint density at radius 1 is 0.565 bits per heavy atom. The van der Waals surface area contributed by atoms with Gasteiger partial charge in [-0.1, -0.05) is 134 Å². The van der Waals surface area contributed by atoms with Gasteiger partial charge < -0.3 is 15.2 Å². The summed E-state index contributed by atoms with van der Waals surface area (Å²) >= 11 is 0. The first-order valence-electron chi connectivity index (χ1n) is 19.1. The van der Waals surface area contributed by atoms with Crippen molar-refractivity contribution in [2.24, 2.45) is 0 Å². The largest absolute Gasteiger partial charge is 0.480 e. The highest BCUT2D eigenvalue weighted by Crippen LogP contribution is 2.17. The van der Waals surface area contributed by atoms with Crippen molar-refractivity contribution in [3.8, 4) is 0 Å². The van der Waals surface area contributed by atoms with Crippen molar-refractivity contribution in [1.29, 1.82) is 0 Å². The number of aliphatic carboxylic acids is 1. The highest BCUT2D eigenvalue weighted by atomic mass is 16.5. The maximum Gasteiger partial charge on any atom is 0.322 e. The van der Waals surface area contributed by atoms with Crippen LogP contribution in [0.5, 0.6) is 0 Å². The molecule has 1 amide bonds. The van der Waals surface area contributed by atoms with Gasteiger partial charge in [0.25, 0.3) is 0 Å². The fourth-order valence-corrected chi connectivity index (χ4v) is 5.46. The van der Waals surface area contributed by atoms with Crippen molar-refractivity contribution in [1.82, 2.24) is 5.32 Å². The number of unbranched alkanes of at least 4 members (excludes halogenated alkanes) is 17. The summed E-state index contributed by atoms with van der Waals surface area (Å²) in [4.78, 5) is 34.6. The fourth-order valence-electron chi connectivity index (χ4n) is 5.46. The molecule has 0 radical (unpaired) electrons. The summed E-state index contributed by atoms with van der Waals surface area (Å²) in [5, 5.41) is 11.0. The highest BCUT2D eigenvalue weighted by molar-refractivity contribution is 5.80. The van der Waals surface area contributed by atoms with Crippen molar-refractivity contribution in [2.45, 2.75) is 193 Å². The molecule has 0 aromatic carbocycles. The van der Waals surface area contributed by atoms with Gasteiger partial charge in [0, 0.05) is 12.8 Å².